The molecule has 21 heavy (non-hydrogen) atoms. The molecular weight excluding hydrogens is 352 g/mol. The van der Waals surface area contributed by atoms with Gasteiger partial charge in [0.2, 0.25) is 0 Å². The number of aryl methyl sites for hydroxylation is 2. The Bertz CT molecular complexity index is 673. The molecule has 2 aromatic rings. The van der Waals surface area contributed by atoms with E-state index in [1.54, 1.807) is 24.3 Å². The van der Waals surface area contributed by atoms with Crippen LogP contribution in [0.2, 0.25) is 0 Å². The standard InChI is InChI=1S/C15H13BrN2O2S/c16-11-6-4-9(5-7-11)14(19)17-18-15(20)13-8-10-2-1-3-12(10)21-13/h4-8H,1-3H2,(H,17,19)(H,18,20). The molecule has 1 heterocycles. The van der Waals surface area contributed by atoms with Crippen LogP contribution in [0.5, 0.6) is 0 Å². The first kappa shape index (κ1) is 14.3. The fraction of sp³-hybridized carbons (Fsp3) is 0.200. The second kappa shape index (κ2) is 5.99. The van der Waals surface area contributed by atoms with Gasteiger partial charge in [-0.2, -0.15) is 0 Å². The summed E-state index contributed by atoms with van der Waals surface area (Å²) in [6.45, 7) is 0. The van der Waals surface area contributed by atoms with E-state index in [1.165, 1.54) is 28.2 Å². The second-order valence-corrected chi connectivity index (χ2v) is 6.88. The number of thiophene rings is 1. The number of amides is 2. The first-order chi connectivity index (χ1) is 10.1. The summed E-state index contributed by atoms with van der Waals surface area (Å²) in [4.78, 5) is 25.9. The molecule has 6 heteroatoms. The summed E-state index contributed by atoms with van der Waals surface area (Å²) in [5.41, 5.74) is 6.66. The molecule has 1 aliphatic rings. The number of hydrogen-bond donors (Lipinski definition) is 2. The van der Waals surface area contributed by atoms with E-state index in [9.17, 15) is 9.59 Å². The molecule has 1 aromatic carbocycles. The average Bonchev–Trinajstić information content (AvgIpc) is 3.06. The Kier molecular flexibility index (Phi) is 4.07. The molecule has 0 unspecified atom stereocenters. The number of carbonyl (C=O) groups is 2. The number of hydrazine groups is 1. The molecule has 0 bridgehead atoms. The van der Waals surface area contributed by atoms with Crippen molar-refractivity contribution in [3.8, 4) is 0 Å². The van der Waals surface area contributed by atoms with Crippen molar-refractivity contribution in [2.75, 3.05) is 0 Å². The number of halogens is 1. The van der Waals surface area contributed by atoms with Gasteiger partial charge in [-0.25, -0.2) is 0 Å². The minimum Gasteiger partial charge on any atom is -0.267 e. The van der Waals surface area contributed by atoms with Gasteiger partial charge in [-0.15, -0.1) is 11.3 Å². The van der Waals surface area contributed by atoms with E-state index in [0.717, 1.165) is 17.3 Å². The zero-order valence-corrected chi connectivity index (χ0v) is 13.5. The van der Waals surface area contributed by atoms with Crippen LogP contribution in [0.15, 0.2) is 34.8 Å². The summed E-state index contributed by atoms with van der Waals surface area (Å²) in [5.74, 6) is -0.597. The highest BCUT2D eigenvalue weighted by atomic mass is 79.9. The fourth-order valence-corrected chi connectivity index (χ4v) is 3.70. The molecule has 1 aliphatic carbocycles. The van der Waals surface area contributed by atoms with Crippen molar-refractivity contribution < 1.29 is 9.59 Å². The monoisotopic (exact) mass is 364 g/mol. The normalized spacial score (nSPS) is 12.8. The Morgan fingerprint density at radius 2 is 1.76 bits per heavy atom. The number of rotatable bonds is 2. The minimum atomic E-state index is -0.333. The third kappa shape index (κ3) is 3.16. The largest absolute Gasteiger partial charge is 0.279 e. The Balaban J connectivity index is 1.60. The van der Waals surface area contributed by atoms with Crippen LogP contribution in [0.1, 0.15) is 36.9 Å². The first-order valence-corrected chi connectivity index (χ1v) is 8.22. The van der Waals surface area contributed by atoms with E-state index in [2.05, 4.69) is 26.8 Å². The van der Waals surface area contributed by atoms with Crippen molar-refractivity contribution in [2.45, 2.75) is 19.3 Å². The summed E-state index contributed by atoms with van der Waals surface area (Å²) in [7, 11) is 0. The van der Waals surface area contributed by atoms with Crippen molar-refractivity contribution in [1.82, 2.24) is 10.9 Å². The second-order valence-electron chi connectivity index (χ2n) is 4.83. The van der Waals surface area contributed by atoms with Gasteiger partial charge < -0.3 is 0 Å². The number of hydrogen-bond acceptors (Lipinski definition) is 3. The molecule has 4 nitrogen and oxygen atoms in total. The van der Waals surface area contributed by atoms with Gasteiger partial charge in [0, 0.05) is 14.9 Å². The summed E-state index contributed by atoms with van der Waals surface area (Å²) in [6, 6.07) is 8.85. The van der Waals surface area contributed by atoms with E-state index in [-0.39, 0.29) is 11.8 Å². The van der Waals surface area contributed by atoms with Crippen molar-refractivity contribution >= 4 is 39.1 Å². The lowest BCUT2D eigenvalue weighted by atomic mass is 10.2. The highest BCUT2D eigenvalue weighted by molar-refractivity contribution is 9.10. The average molecular weight is 365 g/mol. The summed E-state index contributed by atoms with van der Waals surface area (Å²) in [5, 5.41) is 0. The maximum Gasteiger partial charge on any atom is 0.279 e. The van der Waals surface area contributed by atoms with Crippen molar-refractivity contribution in [1.29, 1.82) is 0 Å². The van der Waals surface area contributed by atoms with Crippen LogP contribution in [0, 0.1) is 0 Å². The topological polar surface area (TPSA) is 58.2 Å². The maximum absolute atomic E-state index is 12.0. The molecule has 0 saturated carbocycles. The van der Waals surface area contributed by atoms with Crippen LogP contribution in [-0.2, 0) is 12.8 Å². The van der Waals surface area contributed by atoms with Gasteiger partial charge in [0.15, 0.2) is 0 Å². The Morgan fingerprint density at radius 3 is 2.48 bits per heavy atom. The molecule has 2 amide bonds. The molecule has 2 N–H and O–H groups in total. The van der Waals surface area contributed by atoms with Gasteiger partial charge in [-0.05, 0) is 55.2 Å². The number of nitrogens with one attached hydrogen (secondary N) is 2. The van der Waals surface area contributed by atoms with E-state index in [0.29, 0.717) is 10.4 Å². The summed E-state index contributed by atoms with van der Waals surface area (Å²) in [6.07, 6.45) is 3.27. The molecule has 0 spiro atoms. The Morgan fingerprint density at radius 1 is 1.05 bits per heavy atom. The molecule has 3 rings (SSSR count). The Hall–Kier alpha value is -1.66. The molecule has 0 atom stereocenters. The van der Waals surface area contributed by atoms with Crippen LogP contribution in [0.4, 0.5) is 0 Å². The lowest BCUT2D eigenvalue weighted by Gasteiger charge is -2.06. The molecule has 0 radical (unpaired) electrons. The highest BCUT2D eigenvalue weighted by Crippen LogP contribution is 2.30. The third-order valence-electron chi connectivity index (χ3n) is 3.37. The summed E-state index contributed by atoms with van der Waals surface area (Å²) >= 11 is 4.82. The lowest BCUT2D eigenvalue weighted by molar-refractivity contribution is 0.0849. The van der Waals surface area contributed by atoms with Gasteiger partial charge in [-0.1, -0.05) is 15.9 Å². The van der Waals surface area contributed by atoms with E-state index < -0.39 is 0 Å². The van der Waals surface area contributed by atoms with Crippen molar-refractivity contribution in [3.63, 3.8) is 0 Å². The van der Waals surface area contributed by atoms with Gasteiger partial charge >= 0.3 is 0 Å². The highest BCUT2D eigenvalue weighted by Gasteiger charge is 2.18. The lowest BCUT2D eigenvalue weighted by Crippen LogP contribution is -2.41. The van der Waals surface area contributed by atoms with Crippen LogP contribution >= 0.6 is 27.3 Å². The zero-order chi connectivity index (χ0) is 14.8. The predicted molar refractivity (Wildman–Crippen MR) is 85.4 cm³/mol. The van der Waals surface area contributed by atoms with Gasteiger partial charge in [0.25, 0.3) is 11.8 Å². The molecule has 0 saturated heterocycles. The molecule has 0 aliphatic heterocycles. The van der Waals surface area contributed by atoms with E-state index >= 15 is 0 Å². The third-order valence-corrected chi connectivity index (χ3v) is 5.13. The van der Waals surface area contributed by atoms with Crippen LogP contribution in [0.25, 0.3) is 0 Å². The maximum atomic E-state index is 12.0. The van der Waals surface area contributed by atoms with Crippen LogP contribution in [-0.4, -0.2) is 11.8 Å². The quantitative estimate of drug-likeness (QED) is 0.804. The Labute approximate surface area is 134 Å². The number of carbonyl (C=O) groups excluding carboxylic acids is 2. The van der Waals surface area contributed by atoms with E-state index in [4.69, 9.17) is 0 Å². The number of benzene rings is 1. The van der Waals surface area contributed by atoms with Crippen molar-refractivity contribution in [3.05, 3.63) is 55.7 Å². The smallest absolute Gasteiger partial charge is 0.267 e. The minimum absolute atomic E-state index is 0.264. The fourth-order valence-electron chi connectivity index (χ4n) is 2.29. The summed E-state index contributed by atoms with van der Waals surface area (Å²) < 4.78 is 0.899. The predicted octanol–water partition coefficient (Wildman–Crippen LogP) is 3.07. The molecule has 0 fully saturated rings. The molecular formula is C15H13BrN2O2S. The van der Waals surface area contributed by atoms with Crippen LogP contribution in [0.3, 0.4) is 0 Å². The SMILES string of the molecule is O=C(NNC(=O)c1cc2c(s1)CCC2)c1ccc(Br)cc1. The van der Waals surface area contributed by atoms with Gasteiger partial charge in [0.05, 0.1) is 4.88 Å². The molecule has 108 valence electrons. The van der Waals surface area contributed by atoms with Gasteiger partial charge in [-0.3, -0.25) is 20.4 Å². The number of fused-ring (bicyclic) bond motifs is 1. The first-order valence-electron chi connectivity index (χ1n) is 6.61. The zero-order valence-electron chi connectivity index (χ0n) is 11.1. The van der Waals surface area contributed by atoms with E-state index in [1.807, 2.05) is 6.07 Å². The van der Waals surface area contributed by atoms with Crippen LogP contribution < -0.4 is 10.9 Å². The molecule has 1 aromatic heterocycles. The van der Waals surface area contributed by atoms with Gasteiger partial charge in [0.1, 0.15) is 0 Å². The van der Waals surface area contributed by atoms with Crippen molar-refractivity contribution in [2.24, 2.45) is 0 Å².